The highest BCUT2D eigenvalue weighted by atomic mass is 19.2. The first-order chi connectivity index (χ1) is 9.38. The zero-order valence-corrected chi connectivity index (χ0v) is 10.6. The molecule has 20 heavy (non-hydrogen) atoms. The highest BCUT2D eigenvalue weighted by Gasteiger charge is 2.14. The summed E-state index contributed by atoms with van der Waals surface area (Å²) in [6, 6.07) is 6.01. The van der Waals surface area contributed by atoms with E-state index >= 15 is 0 Å². The van der Waals surface area contributed by atoms with Gasteiger partial charge in [0.2, 0.25) is 0 Å². The van der Waals surface area contributed by atoms with E-state index in [9.17, 15) is 18.7 Å². The average Bonchev–Trinajstić information content (AvgIpc) is 2.38. The van der Waals surface area contributed by atoms with E-state index in [0.717, 1.165) is 12.1 Å². The number of hydrogen-bond acceptors (Lipinski definition) is 3. The van der Waals surface area contributed by atoms with Crippen LogP contribution in [0.1, 0.15) is 15.9 Å². The number of phenols is 1. The highest BCUT2D eigenvalue weighted by Crippen LogP contribution is 2.23. The van der Waals surface area contributed by atoms with Crippen molar-refractivity contribution in [2.24, 2.45) is 0 Å². The van der Waals surface area contributed by atoms with Gasteiger partial charge in [0.05, 0.1) is 5.56 Å². The third kappa shape index (κ3) is 2.69. The predicted molar refractivity (Wildman–Crippen MR) is 71.6 cm³/mol. The molecule has 0 aliphatic carbocycles. The van der Waals surface area contributed by atoms with E-state index in [-0.39, 0.29) is 17.0 Å². The molecule has 104 valence electrons. The van der Waals surface area contributed by atoms with Gasteiger partial charge in [0.1, 0.15) is 5.75 Å². The second-order valence-electron chi connectivity index (χ2n) is 4.31. The molecule has 4 nitrogen and oxygen atoms in total. The second-order valence-corrected chi connectivity index (χ2v) is 4.31. The second kappa shape index (κ2) is 5.16. The predicted octanol–water partition coefficient (Wildman–Crippen LogP) is 2.81. The van der Waals surface area contributed by atoms with Crippen LogP contribution >= 0.6 is 0 Å². The Morgan fingerprint density at radius 3 is 2.50 bits per heavy atom. The summed E-state index contributed by atoms with van der Waals surface area (Å²) < 4.78 is 26.1. The van der Waals surface area contributed by atoms with E-state index in [4.69, 9.17) is 5.73 Å². The number of benzene rings is 2. The fourth-order valence-electron chi connectivity index (χ4n) is 1.64. The molecule has 0 atom stereocenters. The van der Waals surface area contributed by atoms with Crippen LogP contribution in [-0.2, 0) is 0 Å². The van der Waals surface area contributed by atoms with E-state index in [2.05, 4.69) is 5.32 Å². The van der Waals surface area contributed by atoms with Crippen LogP contribution in [0.15, 0.2) is 30.3 Å². The van der Waals surface area contributed by atoms with Crippen molar-refractivity contribution in [3.63, 3.8) is 0 Å². The van der Waals surface area contributed by atoms with Crippen LogP contribution in [0.5, 0.6) is 5.75 Å². The molecule has 0 fully saturated rings. The SMILES string of the molecule is Cc1ccc(NC(=O)c2cc(F)c(F)cc2N)cc1O. The maximum atomic E-state index is 13.1. The van der Waals surface area contributed by atoms with Crippen LogP contribution < -0.4 is 11.1 Å². The summed E-state index contributed by atoms with van der Waals surface area (Å²) in [5.74, 6) is -2.95. The number of nitrogens with two attached hydrogens (primary N) is 1. The number of anilines is 2. The monoisotopic (exact) mass is 278 g/mol. The summed E-state index contributed by atoms with van der Waals surface area (Å²) in [5.41, 5.74) is 6.11. The van der Waals surface area contributed by atoms with E-state index in [1.54, 1.807) is 19.1 Å². The number of phenolic OH excluding ortho intramolecular Hbond substituents is 1. The Labute approximate surface area is 113 Å². The standard InChI is InChI=1S/C14H12F2N2O2/c1-7-2-3-8(4-13(7)19)18-14(20)9-5-10(15)11(16)6-12(9)17/h2-6,19H,17H2,1H3,(H,18,20). The average molecular weight is 278 g/mol. The third-order valence-corrected chi connectivity index (χ3v) is 2.80. The van der Waals surface area contributed by atoms with Gasteiger partial charge in [-0.3, -0.25) is 4.79 Å². The number of aryl methyl sites for hydroxylation is 1. The zero-order chi connectivity index (χ0) is 14.9. The van der Waals surface area contributed by atoms with Crippen LogP contribution in [0.3, 0.4) is 0 Å². The van der Waals surface area contributed by atoms with Crippen LogP contribution in [-0.4, -0.2) is 11.0 Å². The molecule has 0 radical (unpaired) electrons. The third-order valence-electron chi connectivity index (χ3n) is 2.80. The minimum Gasteiger partial charge on any atom is -0.508 e. The fraction of sp³-hybridized carbons (Fsp3) is 0.0714. The molecule has 1 amide bonds. The van der Waals surface area contributed by atoms with Crippen LogP contribution in [0.4, 0.5) is 20.2 Å². The molecule has 2 rings (SSSR count). The summed E-state index contributed by atoms with van der Waals surface area (Å²) in [5, 5.41) is 12.0. The normalized spacial score (nSPS) is 10.3. The van der Waals surface area contributed by atoms with E-state index in [1.807, 2.05) is 0 Å². The summed E-state index contributed by atoms with van der Waals surface area (Å²) in [4.78, 5) is 11.9. The Kier molecular flexibility index (Phi) is 3.56. The quantitative estimate of drug-likeness (QED) is 0.739. The molecular formula is C14H12F2N2O2. The van der Waals surface area contributed by atoms with Crippen molar-refractivity contribution in [3.05, 3.63) is 53.1 Å². The molecule has 6 heteroatoms. The first-order valence-electron chi connectivity index (χ1n) is 5.74. The van der Waals surface area contributed by atoms with Gasteiger partial charge in [-0.2, -0.15) is 0 Å². The number of nitrogen functional groups attached to an aromatic ring is 1. The molecule has 4 N–H and O–H groups in total. The van der Waals surface area contributed by atoms with Crippen LogP contribution in [0, 0.1) is 18.6 Å². The number of aromatic hydroxyl groups is 1. The van der Waals surface area contributed by atoms with Crippen molar-refractivity contribution in [3.8, 4) is 5.75 Å². The summed E-state index contributed by atoms with van der Waals surface area (Å²) in [6.07, 6.45) is 0. The first-order valence-corrected chi connectivity index (χ1v) is 5.74. The summed E-state index contributed by atoms with van der Waals surface area (Å²) >= 11 is 0. The van der Waals surface area contributed by atoms with Crippen molar-refractivity contribution in [1.29, 1.82) is 0 Å². The smallest absolute Gasteiger partial charge is 0.257 e. The van der Waals surface area contributed by atoms with Gasteiger partial charge in [-0.05, 0) is 24.6 Å². The molecule has 0 saturated carbocycles. The number of nitrogens with one attached hydrogen (secondary N) is 1. The van der Waals surface area contributed by atoms with E-state index < -0.39 is 17.5 Å². The molecule has 0 unspecified atom stereocenters. The Bertz CT molecular complexity index is 687. The van der Waals surface area contributed by atoms with E-state index in [0.29, 0.717) is 11.3 Å². The lowest BCUT2D eigenvalue weighted by Crippen LogP contribution is -2.15. The lowest BCUT2D eigenvalue weighted by atomic mass is 10.1. The fourth-order valence-corrected chi connectivity index (χ4v) is 1.64. The van der Waals surface area contributed by atoms with Crippen molar-refractivity contribution in [1.82, 2.24) is 0 Å². The van der Waals surface area contributed by atoms with Gasteiger partial charge < -0.3 is 16.2 Å². The topological polar surface area (TPSA) is 75.4 Å². The van der Waals surface area contributed by atoms with Gasteiger partial charge in [0.15, 0.2) is 11.6 Å². The number of halogens is 2. The maximum Gasteiger partial charge on any atom is 0.257 e. The Balaban J connectivity index is 2.28. The number of amides is 1. The van der Waals surface area contributed by atoms with Gasteiger partial charge in [0, 0.05) is 23.5 Å². The number of carbonyl (C=O) groups is 1. The van der Waals surface area contributed by atoms with Crippen molar-refractivity contribution >= 4 is 17.3 Å². The van der Waals surface area contributed by atoms with Gasteiger partial charge in [-0.15, -0.1) is 0 Å². The highest BCUT2D eigenvalue weighted by molar-refractivity contribution is 6.07. The van der Waals surface area contributed by atoms with Crippen LogP contribution in [0.25, 0.3) is 0 Å². The Morgan fingerprint density at radius 1 is 1.20 bits per heavy atom. The Hall–Kier alpha value is -2.63. The molecule has 0 spiro atoms. The number of rotatable bonds is 2. The zero-order valence-electron chi connectivity index (χ0n) is 10.6. The van der Waals surface area contributed by atoms with Gasteiger partial charge in [0.25, 0.3) is 5.91 Å². The maximum absolute atomic E-state index is 13.1. The molecule has 0 heterocycles. The number of carbonyl (C=O) groups excluding carboxylic acids is 1. The minimum atomic E-state index is -1.16. The molecule has 0 bridgehead atoms. The van der Waals surface area contributed by atoms with Gasteiger partial charge in [-0.1, -0.05) is 6.07 Å². The number of hydrogen-bond donors (Lipinski definition) is 3. The van der Waals surface area contributed by atoms with E-state index in [1.165, 1.54) is 6.07 Å². The lowest BCUT2D eigenvalue weighted by Gasteiger charge is -2.09. The molecule has 0 aromatic heterocycles. The largest absolute Gasteiger partial charge is 0.508 e. The van der Waals surface area contributed by atoms with Crippen molar-refractivity contribution < 1.29 is 18.7 Å². The van der Waals surface area contributed by atoms with Gasteiger partial charge >= 0.3 is 0 Å². The molecule has 0 saturated heterocycles. The van der Waals surface area contributed by atoms with Gasteiger partial charge in [-0.25, -0.2) is 8.78 Å². The first kappa shape index (κ1) is 13.8. The van der Waals surface area contributed by atoms with Crippen molar-refractivity contribution in [2.45, 2.75) is 6.92 Å². The van der Waals surface area contributed by atoms with Crippen molar-refractivity contribution in [2.75, 3.05) is 11.1 Å². The minimum absolute atomic E-state index is 0.0149. The van der Waals surface area contributed by atoms with Crippen LogP contribution in [0.2, 0.25) is 0 Å². The summed E-state index contributed by atoms with van der Waals surface area (Å²) in [6.45, 7) is 1.70. The molecule has 0 aliphatic heterocycles. The molecule has 2 aromatic rings. The molecule has 2 aromatic carbocycles. The Morgan fingerprint density at radius 2 is 1.85 bits per heavy atom. The lowest BCUT2D eigenvalue weighted by molar-refractivity contribution is 0.102. The molecular weight excluding hydrogens is 266 g/mol. The molecule has 0 aliphatic rings. The summed E-state index contributed by atoms with van der Waals surface area (Å²) in [7, 11) is 0.